The molecule has 2 rings (SSSR count). The molecule has 0 aliphatic carbocycles. The molecule has 1 aromatic heterocycles. The van der Waals surface area contributed by atoms with Gasteiger partial charge in [0.25, 0.3) is 0 Å². The van der Waals surface area contributed by atoms with Crippen molar-refractivity contribution in [2.45, 2.75) is 39.3 Å². The summed E-state index contributed by atoms with van der Waals surface area (Å²) in [7, 11) is 0. The minimum Gasteiger partial charge on any atom is -0.379 e. The second-order valence-corrected chi connectivity index (χ2v) is 4.41. The van der Waals surface area contributed by atoms with Gasteiger partial charge in [0.15, 0.2) is 0 Å². The Hall–Kier alpha value is -0.870. The minimum atomic E-state index is 0.443. The summed E-state index contributed by atoms with van der Waals surface area (Å²) in [4.78, 5) is 0. The predicted molar refractivity (Wildman–Crippen MR) is 63.4 cm³/mol. The molecular formula is C12H21N3O. The summed E-state index contributed by atoms with van der Waals surface area (Å²) < 4.78 is 7.46. The average Bonchev–Trinajstić information content (AvgIpc) is 2.88. The van der Waals surface area contributed by atoms with E-state index < -0.39 is 0 Å². The molecule has 4 heteroatoms. The van der Waals surface area contributed by atoms with E-state index in [2.05, 4.69) is 35.1 Å². The first-order chi connectivity index (χ1) is 7.81. The molecule has 0 spiro atoms. The highest BCUT2D eigenvalue weighted by Crippen LogP contribution is 2.19. The third-order valence-electron chi connectivity index (χ3n) is 3.04. The SMILES string of the molecule is CCCNCc1cn(C2CCOC2)nc1C. The zero-order valence-corrected chi connectivity index (χ0v) is 10.2. The van der Waals surface area contributed by atoms with Crippen LogP contribution in [0.3, 0.4) is 0 Å². The molecule has 0 bridgehead atoms. The fourth-order valence-corrected chi connectivity index (χ4v) is 2.01. The van der Waals surface area contributed by atoms with Crippen LogP contribution in [0, 0.1) is 6.92 Å². The highest BCUT2D eigenvalue weighted by molar-refractivity contribution is 5.15. The first kappa shape index (κ1) is 11.6. The zero-order chi connectivity index (χ0) is 11.4. The molecular weight excluding hydrogens is 202 g/mol. The summed E-state index contributed by atoms with van der Waals surface area (Å²) >= 11 is 0. The first-order valence-corrected chi connectivity index (χ1v) is 6.14. The van der Waals surface area contributed by atoms with Crippen LogP contribution in [-0.2, 0) is 11.3 Å². The summed E-state index contributed by atoms with van der Waals surface area (Å²) in [5.41, 5.74) is 2.44. The molecule has 1 aliphatic heterocycles. The fourth-order valence-electron chi connectivity index (χ4n) is 2.01. The Kier molecular flexibility index (Phi) is 3.96. The number of hydrogen-bond donors (Lipinski definition) is 1. The summed E-state index contributed by atoms with van der Waals surface area (Å²) in [6.45, 7) is 7.93. The van der Waals surface area contributed by atoms with Gasteiger partial charge in [-0.15, -0.1) is 0 Å². The second-order valence-electron chi connectivity index (χ2n) is 4.41. The van der Waals surface area contributed by atoms with E-state index in [4.69, 9.17) is 4.74 Å². The van der Waals surface area contributed by atoms with Gasteiger partial charge in [0, 0.05) is 24.9 Å². The zero-order valence-electron chi connectivity index (χ0n) is 10.2. The lowest BCUT2D eigenvalue weighted by atomic mass is 10.2. The van der Waals surface area contributed by atoms with Gasteiger partial charge in [-0.05, 0) is 26.3 Å². The standard InChI is InChI=1S/C12H21N3O/c1-3-5-13-7-11-8-15(14-10(11)2)12-4-6-16-9-12/h8,12-13H,3-7,9H2,1-2H3. The van der Waals surface area contributed by atoms with Crippen molar-refractivity contribution in [3.63, 3.8) is 0 Å². The van der Waals surface area contributed by atoms with Crippen molar-refractivity contribution in [1.29, 1.82) is 0 Å². The van der Waals surface area contributed by atoms with Gasteiger partial charge in [-0.25, -0.2) is 0 Å². The Morgan fingerprint density at radius 1 is 1.62 bits per heavy atom. The molecule has 0 saturated carbocycles. The van der Waals surface area contributed by atoms with Crippen LogP contribution in [-0.4, -0.2) is 29.5 Å². The van der Waals surface area contributed by atoms with Crippen LogP contribution >= 0.6 is 0 Å². The van der Waals surface area contributed by atoms with Gasteiger partial charge in [0.05, 0.1) is 18.3 Å². The molecule has 0 amide bonds. The summed E-state index contributed by atoms with van der Waals surface area (Å²) in [6, 6.07) is 0.443. The number of nitrogens with zero attached hydrogens (tertiary/aromatic N) is 2. The Morgan fingerprint density at radius 3 is 3.19 bits per heavy atom. The van der Waals surface area contributed by atoms with E-state index in [0.717, 1.165) is 38.4 Å². The molecule has 16 heavy (non-hydrogen) atoms. The maximum absolute atomic E-state index is 5.38. The predicted octanol–water partition coefficient (Wildman–Crippen LogP) is 1.65. The largest absolute Gasteiger partial charge is 0.379 e. The molecule has 1 N–H and O–H groups in total. The minimum absolute atomic E-state index is 0.443. The van der Waals surface area contributed by atoms with Crippen LogP contribution in [0.25, 0.3) is 0 Å². The van der Waals surface area contributed by atoms with E-state index in [1.54, 1.807) is 0 Å². The van der Waals surface area contributed by atoms with Gasteiger partial charge >= 0.3 is 0 Å². The van der Waals surface area contributed by atoms with E-state index in [-0.39, 0.29) is 0 Å². The molecule has 1 aromatic rings. The van der Waals surface area contributed by atoms with E-state index in [0.29, 0.717) is 6.04 Å². The third-order valence-corrected chi connectivity index (χ3v) is 3.04. The lowest BCUT2D eigenvalue weighted by molar-refractivity contribution is 0.184. The first-order valence-electron chi connectivity index (χ1n) is 6.14. The molecule has 1 aliphatic rings. The van der Waals surface area contributed by atoms with Crippen LogP contribution in [0.5, 0.6) is 0 Å². The second kappa shape index (κ2) is 5.46. The van der Waals surface area contributed by atoms with E-state index in [9.17, 15) is 0 Å². The van der Waals surface area contributed by atoms with Crippen LogP contribution < -0.4 is 5.32 Å². The van der Waals surface area contributed by atoms with Crippen molar-refractivity contribution in [3.05, 3.63) is 17.5 Å². The molecule has 1 saturated heterocycles. The van der Waals surface area contributed by atoms with Crippen molar-refractivity contribution < 1.29 is 4.74 Å². The van der Waals surface area contributed by atoms with Gasteiger partial charge in [0.2, 0.25) is 0 Å². The number of rotatable bonds is 5. The number of aromatic nitrogens is 2. The van der Waals surface area contributed by atoms with Crippen molar-refractivity contribution in [1.82, 2.24) is 15.1 Å². The van der Waals surface area contributed by atoms with E-state index >= 15 is 0 Å². The summed E-state index contributed by atoms with van der Waals surface area (Å²) in [5, 5.41) is 7.98. The topological polar surface area (TPSA) is 39.1 Å². The maximum Gasteiger partial charge on any atom is 0.0774 e. The monoisotopic (exact) mass is 223 g/mol. The quantitative estimate of drug-likeness (QED) is 0.771. The van der Waals surface area contributed by atoms with E-state index in [1.807, 2.05) is 0 Å². The number of nitrogens with one attached hydrogen (secondary N) is 1. The normalized spacial score (nSPS) is 20.5. The molecule has 0 aromatic carbocycles. The van der Waals surface area contributed by atoms with E-state index in [1.165, 1.54) is 12.0 Å². The van der Waals surface area contributed by atoms with Crippen LogP contribution in [0.4, 0.5) is 0 Å². The molecule has 90 valence electrons. The number of hydrogen-bond acceptors (Lipinski definition) is 3. The summed E-state index contributed by atoms with van der Waals surface area (Å²) in [5.74, 6) is 0. The smallest absolute Gasteiger partial charge is 0.0774 e. The van der Waals surface area contributed by atoms with Gasteiger partial charge in [0.1, 0.15) is 0 Å². The average molecular weight is 223 g/mol. The van der Waals surface area contributed by atoms with Crippen LogP contribution in [0.15, 0.2) is 6.20 Å². The molecule has 1 atom stereocenters. The van der Waals surface area contributed by atoms with Crippen molar-refractivity contribution >= 4 is 0 Å². The summed E-state index contributed by atoms with van der Waals surface area (Å²) in [6.07, 6.45) is 4.42. The highest BCUT2D eigenvalue weighted by atomic mass is 16.5. The Labute approximate surface area is 97.0 Å². The lowest BCUT2D eigenvalue weighted by Crippen LogP contribution is -2.14. The van der Waals surface area contributed by atoms with Gasteiger partial charge in [-0.2, -0.15) is 5.10 Å². The van der Waals surface area contributed by atoms with Gasteiger partial charge in [-0.1, -0.05) is 6.92 Å². The maximum atomic E-state index is 5.38. The van der Waals surface area contributed by atoms with Gasteiger partial charge in [-0.3, -0.25) is 4.68 Å². The van der Waals surface area contributed by atoms with Crippen molar-refractivity contribution in [2.75, 3.05) is 19.8 Å². The fraction of sp³-hybridized carbons (Fsp3) is 0.750. The number of ether oxygens (including phenoxy) is 1. The van der Waals surface area contributed by atoms with Crippen LogP contribution in [0.2, 0.25) is 0 Å². The molecule has 2 heterocycles. The van der Waals surface area contributed by atoms with Crippen molar-refractivity contribution in [2.24, 2.45) is 0 Å². The Bertz CT molecular complexity index is 329. The molecule has 1 unspecified atom stereocenters. The third kappa shape index (κ3) is 2.62. The highest BCUT2D eigenvalue weighted by Gasteiger charge is 2.19. The molecule has 0 radical (unpaired) electrons. The lowest BCUT2D eigenvalue weighted by Gasteiger charge is -2.06. The van der Waals surface area contributed by atoms with Gasteiger partial charge < -0.3 is 10.1 Å². The molecule has 4 nitrogen and oxygen atoms in total. The number of aryl methyl sites for hydroxylation is 1. The molecule has 1 fully saturated rings. The Morgan fingerprint density at radius 2 is 2.50 bits per heavy atom. The van der Waals surface area contributed by atoms with Crippen LogP contribution in [0.1, 0.15) is 37.1 Å². The Balaban J connectivity index is 1.97. The van der Waals surface area contributed by atoms with Crippen molar-refractivity contribution in [3.8, 4) is 0 Å².